The second kappa shape index (κ2) is 11.7. The molecule has 0 bridgehead atoms. The minimum atomic E-state index is 0.345. The summed E-state index contributed by atoms with van der Waals surface area (Å²) in [6, 6.07) is 0. The average molecular weight is 309 g/mol. The molecule has 1 heterocycles. The standard InChI is InChI=1S/C13H22N2.C6H14O/c1-2-6-13-9-14-15(11-13)10-12-7-4-3-5-8-12;1-6(2)4-3-5-7/h9,11-12H,2-8,10H2,1H3;6-7H,3-5H2,1-2H3. The molecule has 1 aromatic heterocycles. The van der Waals surface area contributed by atoms with Crippen molar-refractivity contribution in [3.05, 3.63) is 18.0 Å². The summed E-state index contributed by atoms with van der Waals surface area (Å²) in [5.41, 5.74) is 1.40. The zero-order valence-corrected chi connectivity index (χ0v) is 14.9. The van der Waals surface area contributed by atoms with Crippen molar-refractivity contribution >= 4 is 0 Å². The minimum Gasteiger partial charge on any atom is -0.396 e. The van der Waals surface area contributed by atoms with Gasteiger partial charge in [-0.25, -0.2) is 0 Å². The van der Waals surface area contributed by atoms with Crippen LogP contribution in [-0.4, -0.2) is 21.5 Å². The van der Waals surface area contributed by atoms with Gasteiger partial charge < -0.3 is 5.11 Å². The third-order valence-electron chi connectivity index (χ3n) is 4.33. The number of nitrogens with zero attached hydrogens (tertiary/aromatic N) is 2. The molecule has 0 aliphatic heterocycles. The smallest absolute Gasteiger partial charge is 0.0521 e. The van der Waals surface area contributed by atoms with Gasteiger partial charge >= 0.3 is 0 Å². The first-order chi connectivity index (χ1) is 10.7. The van der Waals surface area contributed by atoms with Gasteiger partial charge in [0.1, 0.15) is 0 Å². The van der Waals surface area contributed by atoms with E-state index in [9.17, 15) is 0 Å². The van der Waals surface area contributed by atoms with Crippen molar-refractivity contribution in [3.8, 4) is 0 Å². The number of hydrogen-bond acceptors (Lipinski definition) is 2. The van der Waals surface area contributed by atoms with Crippen LogP contribution in [-0.2, 0) is 13.0 Å². The molecule has 3 heteroatoms. The molecule has 22 heavy (non-hydrogen) atoms. The summed E-state index contributed by atoms with van der Waals surface area (Å²) >= 11 is 0. The highest BCUT2D eigenvalue weighted by molar-refractivity contribution is 5.03. The monoisotopic (exact) mass is 308 g/mol. The summed E-state index contributed by atoms with van der Waals surface area (Å²) in [5, 5.41) is 12.8. The first kappa shape index (κ1) is 19.2. The molecule has 3 nitrogen and oxygen atoms in total. The van der Waals surface area contributed by atoms with Crippen molar-refractivity contribution in [2.24, 2.45) is 11.8 Å². The molecule has 1 saturated carbocycles. The number of aliphatic hydroxyl groups excluding tert-OH is 1. The maximum absolute atomic E-state index is 8.32. The van der Waals surface area contributed by atoms with Crippen molar-refractivity contribution in [2.75, 3.05) is 6.61 Å². The third-order valence-corrected chi connectivity index (χ3v) is 4.33. The van der Waals surface area contributed by atoms with E-state index in [1.54, 1.807) is 0 Å². The predicted molar refractivity (Wildman–Crippen MR) is 94.0 cm³/mol. The van der Waals surface area contributed by atoms with E-state index < -0.39 is 0 Å². The van der Waals surface area contributed by atoms with Gasteiger partial charge in [0.25, 0.3) is 0 Å². The van der Waals surface area contributed by atoms with E-state index in [2.05, 4.69) is 36.7 Å². The van der Waals surface area contributed by atoms with Gasteiger partial charge in [-0.05, 0) is 49.5 Å². The van der Waals surface area contributed by atoms with Gasteiger partial charge in [-0.2, -0.15) is 5.10 Å². The Morgan fingerprint density at radius 2 is 2.00 bits per heavy atom. The van der Waals surface area contributed by atoms with Crippen molar-refractivity contribution in [1.29, 1.82) is 0 Å². The lowest BCUT2D eigenvalue weighted by Crippen LogP contribution is -2.14. The van der Waals surface area contributed by atoms with Gasteiger partial charge in [0.15, 0.2) is 0 Å². The predicted octanol–water partition coefficient (Wildman–Crippen LogP) is 4.83. The Labute approximate surface area is 137 Å². The summed E-state index contributed by atoms with van der Waals surface area (Å²) in [6.45, 7) is 8.03. The first-order valence-corrected chi connectivity index (χ1v) is 9.27. The largest absolute Gasteiger partial charge is 0.396 e. The average Bonchev–Trinajstić information content (AvgIpc) is 2.94. The number of rotatable bonds is 7. The summed E-state index contributed by atoms with van der Waals surface area (Å²) in [6.07, 6.45) is 15.9. The zero-order valence-electron chi connectivity index (χ0n) is 14.9. The van der Waals surface area contributed by atoms with Crippen LogP contribution in [0.25, 0.3) is 0 Å². The van der Waals surface area contributed by atoms with E-state index in [4.69, 9.17) is 5.11 Å². The van der Waals surface area contributed by atoms with E-state index >= 15 is 0 Å². The highest BCUT2D eigenvalue weighted by atomic mass is 16.2. The molecule has 1 aliphatic carbocycles. The summed E-state index contributed by atoms with van der Waals surface area (Å²) < 4.78 is 2.15. The van der Waals surface area contributed by atoms with Crippen LogP contribution in [0.15, 0.2) is 12.4 Å². The Balaban J connectivity index is 0.000000295. The molecule has 128 valence electrons. The highest BCUT2D eigenvalue weighted by Crippen LogP contribution is 2.24. The Hall–Kier alpha value is -0.830. The van der Waals surface area contributed by atoms with Crippen molar-refractivity contribution in [1.82, 2.24) is 9.78 Å². The molecule has 2 rings (SSSR count). The van der Waals surface area contributed by atoms with Crippen LogP contribution in [0.3, 0.4) is 0 Å². The van der Waals surface area contributed by atoms with Crippen LogP contribution in [0.4, 0.5) is 0 Å². The summed E-state index contributed by atoms with van der Waals surface area (Å²) in [5.74, 6) is 1.63. The number of aryl methyl sites for hydroxylation is 1. The fourth-order valence-electron chi connectivity index (χ4n) is 3.06. The quantitative estimate of drug-likeness (QED) is 0.783. The first-order valence-electron chi connectivity index (χ1n) is 9.27. The molecule has 0 spiro atoms. The second-order valence-corrected chi connectivity index (χ2v) is 7.08. The normalized spacial score (nSPS) is 15.7. The Morgan fingerprint density at radius 3 is 2.55 bits per heavy atom. The third kappa shape index (κ3) is 8.57. The van der Waals surface area contributed by atoms with Crippen LogP contribution in [0.1, 0.15) is 77.7 Å². The lowest BCUT2D eigenvalue weighted by atomic mass is 9.89. The molecular formula is C19H36N2O. The zero-order chi connectivity index (χ0) is 16.2. The molecule has 0 amide bonds. The molecule has 0 atom stereocenters. The Bertz CT molecular complexity index is 367. The Kier molecular flexibility index (Phi) is 10.2. The molecule has 0 radical (unpaired) electrons. The highest BCUT2D eigenvalue weighted by Gasteiger charge is 2.14. The minimum absolute atomic E-state index is 0.345. The number of aromatic nitrogens is 2. The van der Waals surface area contributed by atoms with Gasteiger partial charge in [-0.15, -0.1) is 0 Å². The maximum atomic E-state index is 8.32. The van der Waals surface area contributed by atoms with Gasteiger partial charge in [0, 0.05) is 19.3 Å². The molecular weight excluding hydrogens is 272 g/mol. The second-order valence-electron chi connectivity index (χ2n) is 7.08. The van der Waals surface area contributed by atoms with E-state index in [0.29, 0.717) is 6.61 Å². The molecule has 0 aromatic carbocycles. The van der Waals surface area contributed by atoms with Crippen molar-refractivity contribution in [2.45, 2.75) is 85.1 Å². The van der Waals surface area contributed by atoms with Crippen LogP contribution in [0.2, 0.25) is 0 Å². The maximum Gasteiger partial charge on any atom is 0.0521 e. The molecule has 1 fully saturated rings. The van der Waals surface area contributed by atoms with E-state index in [1.807, 2.05) is 6.20 Å². The van der Waals surface area contributed by atoms with Crippen LogP contribution in [0.5, 0.6) is 0 Å². The van der Waals surface area contributed by atoms with Crippen molar-refractivity contribution < 1.29 is 5.11 Å². The fraction of sp³-hybridized carbons (Fsp3) is 0.842. The van der Waals surface area contributed by atoms with Crippen LogP contribution in [0, 0.1) is 11.8 Å². The SMILES string of the molecule is CC(C)CCCO.CCCc1cnn(CC2CCCCC2)c1. The molecule has 1 aromatic rings. The van der Waals surface area contributed by atoms with Gasteiger partial charge in [0.2, 0.25) is 0 Å². The lowest BCUT2D eigenvalue weighted by Gasteiger charge is -2.21. The number of aliphatic hydroxyl groups is 1. The Morgan fingerprint density at radius 1 is 1.27 bits per heavy atom. The molecule has 1 aliphatic rings. The number of hydrogen-bond donors (Lipinski definition) is 1. The van der Waals surface area contributed by atoms with Gasteiger partial charge in [-0.1, -0.05) is 46.5 Å². The lowest BCUT2D eigenvalue weighted by molar-refractivity contribution is 0.276. The van der Waals surface area contributed by atoms with E-state index in [-0.39, 0.29) is 0 Å². The molecule has 0 saturated heterocycles. The summed E-state index contributed by atoms with van der Waals surface area (Å²) in [7, 11) is 0. The van der Waals surface area contributed by atoms with E-state index in [0.717, 1.165) is 31.2 Å². The topological polar surface area (TPSA) is 38.1 Å². The van der Waals surface area contributed by atoms with Crippen LogP contribution >= 0.6 is 0 Å². The van der Waals surface area contributed by atoms with Gasteiger partial charge in [-0.3, -0.25) is 4.68 Å². The fourth-order valence-corrected chi connectivity index (χ4v) is 3.06. The molecule has 0 unspecified atom stereocenters. The summed E-state index contributed by atoms with van der Waals surface area (Å²) in [4.78, 5) is 0. The van der Waals surface area contributed by atoms with E-state index in [1.165, 1.54) is 50.5 Å². The van der Waals surface area contributed by atoms with Gasteiger partial charge in [0.05, 0.1) is 6.20 Å². The molecule has 1 N–H and O–H groups in total. The van der Waals surface area contributed by atoms with Crippen LogP contribution < -0.4 is 0 Å². The van der Waals surface area contributed by atoms with Crippen molar-refractivity contribution in [3.63, 3.8) is 0 Å².